The van der Waals surface area contributed by atoms with Crippen LogP contribution in [0.1, 0.15) is 17.6 Å². The number of pyridine rings is 1. The Kier molecular flexibility index (Phi) is 3.51. The first-order valence-corrected chi connectivity index (χ1v) is 4.80. The van der Waals surface area contributed by atoms with Gasteiger partial charge >= 0.3 is 5.82 Å². The van der Waals surface area contributed by atoms with E-state index < -0.39 is 28.5 Å². The van der Waals surface area contributed by atoms with Crippen LogP contribution in [0, 0.1) is 10.1 Å². The molecule has 0 aliphatic heterocycles. The number of rotatable bonds is 3. The molecule has 0 spiro atoms. The maximum absolute atomic E-state index is 12.5. The van der Waals surface area contributed by atoms with E-state index in [1.165, 1.54) is 0 Å². The third-order valence-corrected chi connectivity index (χ3v) is 2.27. The number of nitrogens with zero attached hydrogens (tertiary/aromatic N) is 2. The smallest absolute Gasteiger partial charge is 0.372 e. The summed E-state index contributed by atoms with van der Waals surface area (Å²) in [6, 6.07) is 0. The molecule has 15 heavy (non-hydrogen) atoms. The average molecular weight is 283 g/mol. The first-order chi connectivity index (χ1) is 6.99. The summed E-state index contributed by atoms with van der Waals surface area (Å²) in [4.78, 5) is 12.6. The van der Waals surface area contributed by atoms with Gasteiger partial charge in [0.25, 0.3) is 6.43 Å². The number of aromatic hydroxyl groups is 1. The largest absolute Gasteiger partial charge is 0.504 e. The number of aromatic nitrogens is 1. The van der Waals surface area contributed by atoms with Gasteiger partial charge in [0.05, 0.1) is 0 Å². The fraction of sp³-hybridized carbons (Fsp3) is 0.286. The molecule has 8 heteroatoms. The molecule has 0 aliphatic carbocycles. The van der Waals surface area contributed by atoms with Crippen LogP contribution in [0.4, 0.5) is 14.6 Å². The summed E-state index contributed by atoms with van der Waals surface area (Å²) in [5.74, 6) is -1.43. The highest BCUT2D eigenvalue weighted by molar-refractivity contribution is 9.08. The minimum atomic E-state index is -3.06. The van der Waals surface area contributed by atoms with Gasteiger partial charge in [-0.05, 0) is 9.91 Å². The van der Waals surface area contributed by atoms with E-state index in [0.717, 1.165) is 6.20 Å². The lowest BCUT2D eigenvalue weighted by Crippen LogP contribution is -2.03. The molecule has 5 nitrogen and oxygen atoms in total. The molecule has 0 saturated heterocycles. The predicted molar refractivity (Wildman–Crippen MR) is 50.1 cm³/mol. The van der Waals surface area contributed by atoms with Crippen molar-refractivity contribution in [2.24, 2.45) is 0 Å². The van der Waals surface area contributed by atoms with Crippen molar-refractivity contribution in [2.45, 2.75) is 11.8 Å². The molecule has 82 valence electrons. The molecule has 0 radical (unpaired) electrons. The monoisotopic (exact) mass is 282 g/mol. The van der Waals surface area contributed by atoms with Crippen LogP contribution < -0.4 is 0 Å². The lowest BCUT2D eigenvalue weighted by atomic mass is 10.1. The van der Waals surface area contributed by atoms with Gasteiger partial charge < -0.3 is 15.2 Å². The number of alkyl halides is 3. The summed E-state index contributed by atoms with van der Waals surface area (Å²) >= 11 is 2.87. The normalized spacial score (nSPS) is 10.7. The third kappa shape index (κ3) is 2.20. The van der Waals surface area contributed by atoms with E-state index in [0.29, 0.717) is 0 Å². The highest BCUT2D eigenvalue weighted by Crippen LogP contribution is 2.35. The quantitative estimate of drug-likeness (QED) is 0.525. The van der Waals surface area contributed by atoms with Crippen LogP contribution in [-0.4, -0.2) is 15.0 Å². The molecule has 1 aromatic heterocycles. The zero-order chi connectivity index (χ0) is 11.6. The van der Waals surface area contributed by atoms with Crippen molar-refractivity contribution in [1.29, 1.82) is 0 Å². The molecule has 0 bridgehead atoms. The van der Waals surface area contributed by atoms with Gasteiger partial charge in [0, 0.05) is 10.9 Å². The van der Waals surface area contributed by atoms with Crippen LogP contribution in [-0.2, 0) is 5.33 Å². The van der Waals surface area contributed by atoms with E-state index >= 15 is 0 Å². The van der Waals surface area contributed by atoms with Crippen LogP contribution in [0.25, 0.3) is 0 Å². The van der Waals surface area contributed by atoms with Gasteiger partial charge in [0.1, 0.15) is 5.56 Å². The fourth-order valence-corrected chi connectivity index (χ4v) is 1.65. The SMILES string of the molecule is O=[N+]([O-])c1ncc(O)c(CBr)c1C(F)F. The maximum atomic E-state index is 12.5. The van der Waals surface area contributed by atoms with Gasteiger partial charge in [-0.2, -0.15) is 0 Å². The Balaban J connectivity index is 3.49. The van der Waals surface area contributed by atoms with Gasteiger partial charge in [0.2, 0.25) is 0 Å². The Hall–Kier alpha value is -1.31. The molecular weight excluding hydrogens is 278 g/mol. The maximum Gasteiger partial charge on any atom is 0.372 e. The zero-order valence-electron chi connectivity index (χ0n) is 7.15. The fourth-order valence-electron chi connectivity index (χ4n) is 1.06. The van der Waals surface area contributed by atoms with Crippen molar-refractivity contribution < 1.29 is 18.8 Å². The van der Waals surface area contributed by atoms with Crippen LogP contribution in [0.2, 0.25) is 0 Å². The second kappa shape index (κ2) is 4.47. The van der Waals surface area contributed by atoms with E-state index in [1.807, 2.05) is 0 Å². The second-order valence-electron chi connectivity index (χ2n) is 2.55. The van der Waals surface area contributed by atoms with Crippen molar-refractivity contribution in [2.75, 3.05) is 0 Å². The lowest BCUT2D eigenvalue weighted by Gasteiger charge is -2.07. The minimum Gasteiger partial charge on any atom is -0.504 e. The molecule has 1 N–H and O–H groups in total. The van der Waals surface area contributed by atoms with E-state index in [4.69, 9.17) is 0 Å². The summed E-state index contributed by atoms with van der Waals surface area (Å²) in [5, 5.41) is 19.5. The molecule has 0 amide bonds. The molecule has 1 heterocycles. The van der Waals surface area contributed by atoms with Crippen LogP contribution in [0.3, 0.4) is 0 Å². The highest BCUT2D eigenvalue weighted by Gasteiger charge is 2.28. The van der Waals surface area contributed by atoms with E-state index in [1.54, 1.807) is 0 Å². The van der Waals surface area contributed by atoms with Crippen LogP contribution in [0.15, 0.2) is 6.20 Å². The zero-order valence-corrected chi connectivity index (χ0v) is 8.74. The minimum absolute atomic E-state index is 0.109. The standard InChI is InChI=1S/C7H5BrF2N2O3/c8-1-3-4(13)2-11-7(12(14)15)5(3)6(9)10/h2,6,13H,1H2. The van der Waals surface area contributed by atoms with Gasteiger partial charge in [-0.1, -0.05) is 15.9 Å². The molecule has 0 atom stereocenters. The molecule has 0 unspecified atom stereocenters. The molecule has 0 aromatic carbocycles. The second-order valence-corrected chi connectivity index (χ2v) is 3.11. The van der Waals surface area contributed by atoms with E-state index in [2.05, 4.69) is 20.9 Å². The molecule has 1 rings (SSSR count). The molecule has 1 aromatic rings. The van der Waals surface area contributed by atoms with Crippen LogP contribution >= 0.6 is 15.9 Å². The topological polar surface area (TPSA) is 76.3 Å². The van der Waals surface area contributed by atoms with Gasteiger partial charge in [-0.25, -0.2) is 8.78 Å². The summed E-state index contributed by atoms with van der Waals surface area (Å²) in [5.41, 5.74) is -1.07. The van der Waals surface area contributed by atoms with Gasteiger partial charge in [-0.3, -0.25) is 0 Å². The Morgan fingerprint density at radius 2 is 2.27 bits per heavy atom. The van der Waals surface area contributed by atoms with E-state index in [-0.39, 0.29) is 10.9 Å². The van der Waals surface area contributed by atoms with Gasteiger partial charge in [-0.15, -0.1) is 0 Å². The number of hydrogen-bond acceptors (Lipinski definition) is 4. The Morgan fingerprint density at radius 1 is 1.67 bits per heavy atom. The summed E-state index contributed by atoms with van der Waals surface area (Å²) in [6.07, 6.45) is -2.28. The number of halogens is 3. The summed E-state index contributed by atoms with van der Waals surface area (Å²) in [7, 11) is 0. The Bertz CT molecular complexity index is 400. The molecular formula is C7H5BrF2N2O3. The Morgan fingerprint density at radius 3 is 2.67 bits per heavy atom. The molecule has 0 saturated carbocycles. The molecule has 0 fully saturated rings. The van der Waals surface area contributed by atoms with Crippen molar-refractivity contribution in [3.05, 3.63) is 27.4 Å². The molecule has 0 aliphatic rings. The Labute approximate surface area is 91.0 Å². The first-order valence-electron chi connectivity index (χ1n) is 3.68. The predicted octanol–water partition coefficient (Wildman–Crippen LogP) is 2.53. The van der Waals surface area contributed by atoms with E-state index in [9.17, 15) is 24.0 Å². The number of hydrogen-bond donors (Lipinski definition) is 1. The van der Waals surface area contributed by atoms with Crippen molar-refractivity contribution in [3.63, 3.8) is 0 Å². The third-order valence-electron chi connectivity index (χ3n) is 1.71. The van der Waals surface area contributed by atoms with Crippen molar-refractivity contribution in [1.82, 2.24) is 4.98 Å². The number of nitro groups is 1. The first kappa shape index (κ1) is 11.8. The van der Waals surface area contributed by atoms with Crippen LogP contribution in [0.5, 0.6) is 5.75 Å². The average Bonchev–Trinajstić information content (AvgIpc) is 2.16. The van der Waals surface area contributed by atoms with Crippen molar-refractivity contribution >= 4 is 21.7 Å². The lowest BCUT2D eigenvalue weighted by molar-refractivity contribution is -0.391. The highest BCUT2D eigenvalue weighted by atomic mass is 79.9. The van der Waals surface area contributed by atoms with Gasteiger partial charge in [0.15, 0.2) is 11.9 Å². The van der Waals surface area contributed by atoms with Crippen molar-refractivity contribution in [3.8, 4) is 5.75 Å². The summed E-state index contributed by atoms with van der Waals surface area (Å²) < 4.78 is 25.1. The summed E-state index contributed by atoms with van der Waals surface area (Å²) in [6.45, 7) is 0.